The predicted molar refractivity (Wildman–Crippen MR) is 119 cm³/mol. The third-order valence-corrected chi connectivity index (χ3v) is 6.08. The zero-order chi connectivity index (χ0) is 21.2. The van der Waals surface area contributed by atoms with Gasteiger partial charge in [0.15, 0.2) is 5.82 Å². The molecule has 0 spiro atoms. The van der Waals surface area contributed by atoms with Gasteiger partial charge in [0.1, 0.15) is 5.82 Å². The first kappa shape index (κ1) is 19.4. The van der Waals surface area contributed by atoms with Gasteiger partial charge in [0.25, 0.3) is 5.91 Å². The van der Waals surface area contributed by atoms with Crippen molar-refractivity contribution in [3.63, 3.8) is 0 Å². The summed E-state index contributed by atoms with van der Waals surface area (Å²) in [5.74, 6) is 0.0628. The highest BCUT2D eigenvalue weighted by molar-refractivity contribution is 7.13. The van der Waals surface area contributed by atoms with Gasteiger partial charge in [0.05, 0.1) is 10.6 Å². The van der Waals surface area contributed by atoms with Crippen molar-refractivity contribution in [2.24, 2.45) is 0 Å². The fourth-order valence-electron chi connectivity index (χ4n) is 3.73. The molecule has 1 unspecified atom stereocenters. The Balaban J connectivity index is 1.40. The Bertz CT molecular complexity index is 1190. The molecule has 0 radical (unpaired) electrons. The van der Waals surface area contributed by atoms with Crippen LogP contribution in [0.2, 0.25) is 0 Å². The number of carbonyl (C=O) groups is 1. The van der Waals surface area contributed by atoms with Gasteiger partial charge in [-0.15, -0.1) is 16.4 Å². The number of hydrogen-bond donors (Lipinski definition) is 1. The molecule has 4 aromatic rings. The fourth-order valence-corrected chi connectivity index (χ4v) is 4.43. The van der Waals surface area contributed by atoms with Gasteiger partial charge in [-0.1, -0.05) is 30.3 Å². The minimum Gasteiger partial charge on any atom is -0.380 e. The molecular weight excluding hydrogens is 413 g/mol. The summed E-state index contributed by atoms with van der Waals surface area (Å²) in [6.07, 6.45) is 0.850. The minimum absolute atomic E-state index is 0.119. The summed E-state index contributed by atoms with van der Waals surface area (Å²) in [6, 6.07) is 20.1. The number of anilines is 1. The molecule has 1 N–H and O–H groups in total. The molecular formula is C23H20FN5OS. The molecule has 1 aliphatic heterocycles. The molecule has 1 aliphatic rings. The van der Waals surface area contributed by atoms with Crippen LogP contribution in [0.25, 0.3) is 16.4 Å². The van der Waals surface area contributed by atoms with E-state index in [0.717, 1.165) is 17.0 Å². The number of benzene rings is 2. The topological polar surface area (TPSA) is 63.1 Å². The molecule has 6 nitrogen and oxygen atoms in total. The van der Waals surface area contributed by atoms with Crippen molar-refractivity contribution in [1.82, 2.24) is 19.7 Å². The van der Waals surface area contributed by atoms with E-state index in [0.29, 0.717) is 24.6 Å². The van der Waals surface area contributed by atoms with E-state index in [1.54, 1.807) is 17.0 Å². The van der Waals surface area contributed by atoms with Crippen molar-refractivity contribution < 1.29 is 9.18 Å². The van der Waals surface area contributed by atoms with E-state index in [-0.39, 0.29) is 23.6 Å². The van der Waals surface area contributed by atoms with Crippen LogP contribution in [0.15, 0.2) is 72.1 Å². The lowest BCUT2D eigenvalue weighted by Gasteiger charge is -2.16. The molecule has 1 fully saturated rings. The number of likely N-dealkylation sites (tertiary alicyclic amines) is 1. The third kappa shape index (κ3) is 4.06. The molecule has 8 heteroatoms. The average Bonchev–Trinajstić information content (AvgIpc) is 3.54. The largest absolute Gasteiger partial charge is 0.380 e. The zero-order valence-electron chi connectivity index (χ0n) is 16.6. The Kier molecular flexibility index (Phi) is 5.21. The quantitative estimate of drug-likeness (QED) is 0.505. The van der Waals surface area contributed by atoms with Crippen LogP contribution in [-0.4, -0.2) is 44.7 Å². The van der Waals surface area contributed by atoms with E-state index in [2.05, 4.69) is 15.4 Å². The Morgan fingerprint density at radius 1 is 1.10 bits per heavy atom. The van der Waals surface area contributed by atoms with Crippen molar-refractivity contribution in [2.45, 2.75) is 12.5 Å². The third-order valence-electron chi connectivity index (χ3n) is 5.21. The molecule has 5 rings (SSSR count). The van der Waals surface area contributed by atoms with E-state index < -0.39 is 0 Å². The van der Waals surface area contributed by atoms with E-state index in [4.69, 9.17) is 0 Å². The second kappa shape index (κ2) is 8.31. The van der Waals surface area contributed by atoms with Gasteiger partial charge >= 0.3 is 0 Å². The van der Waals surface area contributed by atoms with Gasteiger partial charge in [-0.2, -0.15) is 0 Å². The number of carbonyl (C=O) groups excluding carboxylic acids is 1. The number of amides is 1. The van der Waals surface area contributed by atoms with Crippen LogP contribution in [0.4, 0.5) is 10.1 Å². The molecule has 0 saturated carbocycles. The Morgan fingerprint density at radius 2 is 1.97 bits per heavy atom. The molecule has 31 heavy (non-hydrogen) atoms. The normalized spacial score (nSPS) is 15.9. The van der Waals surface area contributed by atoms with Crippen LogP contribution in [-0.2, 0) is 0 Å². The lowest BCUT2D eigenvalue weighted by atomic mass is 10.2. The highest BCUT2D eigenvalue weighted by Gasteiger charge is 2.30. The zero-order valence-corrected chi connectivity index (χ0v) is 17.4. The van der Waals surface area contributed by atoms with Crippen LogP contribution in [0.3, 0.4) is 0 Å². The average molecular weight is 434 g/mol. The Hall–Kier alpha value is -3.52. The van der Waals surface area contributed by atoms with Crippen molar-refractivity contribution in [3.8, 4) is 16.4 Å². The maximum atomic E-state index is 13.8. The number of nitrogens with zero attached hydrogens (tertiary/aromatic N) is 4. The fraction of sp³-hybridized carbons (Fsp3) is 0.174. The predicted octanol–water partition coefficient (Wildman–Crippen LogP) is 4.46. The van der Waals surface area contributed by atoms with Gasteiger partial charge in [-0.3, -0.25) is 4.79 Å². The molecule has 2 aromatic heterocycles. The lowest BCUT2D eigenvalue weighted by Crippen LogP contribution is -2.32. The highest BCUT2D eigenvalue weighted by Crippen LogP contribution is 2.26. The molecule has 0 bridgehead atoms. The van der Waals surface area contributed by atoms with E-state index in [9.17, 15) is 9.18 Å². The van der Waals surface area contributed by atoms with Gasteiger partial charge in [0.2, 0.25) is 5.82 Å². The molecule has 0 aliphatic carbocycles. The highest BCUT2D eigenvalue weighted by atomic mass is 32.1. The lowest BCUT2D eigenvalue weighted by molar-refractivity contribution is 0.0779. The number of halogens is 1. The number of rotatable bonds is 5. The molecule has 156 valence electrons. The number of nitrogens with one attached hydrogen (secondary N) is 1. The summed E-state index contributed by atoms with van der Waals surface area (Å²) in [4.78, 5) is 20.3. The van der Waals surface area contributed by atoms with E-state index in [1.807, 2.05) is 47.8 Å². The second-order valence-corrected chi connectivity index (χ2v) is 8.32. The summed E-state index contributed by atoms with van der Waals surface area (Å²) in [7, 11) is 0. The second-order valence-electron chi connectivity index (χ2n) is 7.38. The van der Waals surface area contributed by atoms with Crippen molar-refractivity contribution >= 4 is 22.9 Å². The van der Waals surface area contributed by atoms with Crippen molar-refractivity contribution in [2.75, 3.05) is 18.4 Å². The van der Waals surface area contributed by atoms with Gasteiger partial charge < -0.3 is 10.2 Å². The molecule has 1 saturated heterocycles. The summed E-state index contributed by atoms with van der Waals surface area (Å²) in [5, 5.41) is 9.87. The standard InChI is InChI=1S/C23H20FN5OS/c24-16-6-4-9-19(14-16)29-22(20-10-5-13-31-20)26-21(27-29)23(30)28-12-11-18(15-28)25-17-7-2-1-3-8-17/h1-10,13-14,18,25H,11-12,15H2. The number of hydrogen-bond acceptors (Lipinski definition) is 5. The van der Waals surface area contributed by atoms with Crippen molar-refractivity contribution in [1.29, 1.82) is 0 Å². The van der Waals surface area contributed by atoms with Gasteiger partial charge in [0, 0.05) is 24.8 Å². The first-order valence-electron chi connectivity index (χ1n) is 10.0. The number of thiophene rings is 1. The van der Waals surface area contributed by atoms with Crippen molar-refractivity contribution in [3.05, 3.63) is 83.8 Å². The first-order valence-corrected chi connectivity index (χ1v) is 10.9. The smallest absolute Gasteiger partial charge is 0.293 e. The minimum atomic E-state index is -0.368. The Labute approximate surface area is 183 Å². The maximum Gasteiger partial charge on any atom is 0.293 e. The Morgan fingerprint density at radius 3 is 2.74 bits per heavy atom. The summed E-state index contributed by atoms with van der Waals surface area (Å²) < 4.78 is 15.4. The van der Waals surface area contributed by atoms with Crippen LogP contribution in [0.5, 0.6) is 0 Å². The SMILES string of the molecule is O=C(c1nc(-c2cccs2)n(-c2cccc(F)c2)n1)N1CCC(Nc2ccccc2)C1. The maximum absolute atomic E-state index is 13.8. The summed E-state index contributed by atoms with van der Waals surface area (Å²) >= 11 is 1.50. The molecule has 2 aromatic carbocycles. The molecule has 1 amide bonds. The van der Waals surface area contributed by atoms with Crippen LogP contribution in [0.1, 0.15) is 17.0 Å². The van der Waals surface area contributed by atoms with Crippen LogP contribution < -0.4 is 5.32 Å². The monoisotopic (exact) mass is 433 g/mol. The molecule has 3 heterocycles. The van der Waals surface area contributed by atoms with E-state index >= 15 is 0 Å². The molecule has 1 atom stereocenters. The van der Waals surface area contributed by atoms with Crippen LogP contribution >= 0.6 is 11.3 Å². The summed E-state index contributed by atoms with van der Waals surface area (Å²) in [5.41, 5.74) is 1.57. The van der Waals surface area contributed by atoms with E-state index in [1.165, 1.54) is 28.2 Å². The summed E-state index contributed by atoms with van der Waals surface area (Å²) in [6.45, 7) is 1.21. The number of aromatic nitrogens is 3. The first-order chi connectivity index (χ1) is 15.2. The number of para-hydroxylation sites is 1. The van der Waals surface area contributed by atoms with Gasteiger partial charge in [-0.25, -0.2) is 14.1 Å². The van der Waals surface area contributed by atoms with Crippen LogP contribution in [0, 0.1) is 5.82 Å². The van der Waals surface area contributed by atoms with Gasteiger partial charge in [-0.05, 0) is 48.2 Å².